The van der Waals surface area contributed by atoms with Gasteiger partial charge in [0.2, 0.25) is 7.49 Å². The molecule has 1 spiro atoms. The minimum Gasteiger partial charge on any atom is -0.292 e. The molecule has 2 atom stereocenters. The van der Waals surface area contributed by atoms with Crippen molar-refractivity contribution >= 4 is 34.4 Å². The highest BCUT2D eigenvalue weighted by molar-refractivity contribution is 7.92. The quantitative estimate of drug-likeness (QED) is 0.169. The number of aromatic nitrogens is 2. The molecule has 0 saturated carbocycles. The summed E-state index contributed by atoms with van der Waals surface area (Å²) in [5.74, 6) is 0.967. The van der Waals surface area contributed by atoms with Crippen molar-refractivity contribution in [2.45, 2.75) is 5.41 Å². The molecule has 0 N–H and O–H groups in total. The zero-order valence-corrected chi connectivity index (χ0v) is 31.0. The van der Waals surface area contributed by atoms with Crippen LogP contribution in [0.25, 0.3) is 61.5 Å². The van der Waals surface area contributed by atoms with E-state index in [9.17, 15) is 0 Å². The fourth-order valence-corrected chi connectivity index (χ4v) is 13.8. The highest BCUT2D eigenvalue weighted by atomic mass is 31.2. The molecule has 258 valence electrons. The molecule has 0 radical (unpaired) electrons. The van der Waals surface area contributed by atoms with Crippen LogP contribution in [0.2, 0.25) is 0 Å². The summed E-state index contributed by atoms with van der Waals surface area (Å²) in [6, 6.07) is 69.2. The van der Waals surface area contributed by atoms with Crippen molar-refractivity contribution in [1.29, 1.82) is 0 Å². The minimum absolute atomic E-state index is 0.532. The molecule has 3 aliphatic rings. The number of nitrogens with zero attached hydrogens (tertiary/aromatic N) is 2. The van der Waals surface area contributed by atoms with Gasteiger partial charge >= 0.3 is 0 Å². The van der Waals surface area contributed by atoms with Gasteiger partial charge in [0, 0.05) is 16.7 Å². The molecule has 0 saturated heterocycles. The van der Waals surface area contributed by atoms with Crippen LogP contribution in [0.5, 0.6) is 0 Å². The summed E-state index contributed by atoms with van der Waals surface area (Å²) >= 11 is 0. The van der Waals surface area contributed by atoms with Crippen LogP contribution in [0.1, 0.15) is 22.3 Å². The van der Waals surface area contributed by atoms with E-state index in [-0.39, 0.29) is 0 Å². The zero-order valence-electron chi connectivity index (χ0n) is 30.1. The van der Waals surface area contributed by atoms with E-state index >= 15 is 0 Å². The number of hydrogen-bond donors (Lipinski definition) is 0. The number of para-hydroxylation sites is 2. The smallest absolute Gasteiger partial charge is 0.243 e. The van der Waals surface area contributed by atoms with Gasteiger partial charge in [0.05, 0.1) is 29.2 Å². The molecule has 1 aromatic heterocycles. The summed E-state index contributed by atoms with van der Waals surface area (Å²) in [5, 5.41) is 3.82. The first-order valence-electron chi connectivity index (χ1n) is 18.9. The Labute approximate surface area is 320 Å². The van der Waals surface area contributed by atoms with Crippen LogP contribution >= 0.6 is 7.49 Å². The molecule has 1 aliphatic carbocycles. The Morgan fingerprint density at radius 2 is 1.11 bits per heavy atom. The van der Waals surface area contributed by atoms with Crippen LogP contribution in [-0.4, -0.2) is 16.7 Å². The van der Waals surface area contributed by atoms with Crippen molar-refractivity contribution < 1.29 is 4.52 Å². The van der Waals surface area contributed by atoms with Gasteiger partial charge in [0.25, 0.3) is 0 Å². The molecule has 2 unspecified atom stereocenters. The fraction of sp³-hybridized carbons (Fsp3) is 0.0392. The van der Waals surface area contributed by atoms with Gasteiger partial charge < -0.3 is 0 Å². The predicted molar refractivity (Wildman–Crippen MR) is 228 cm³/mol. The van der Waals surface area contributed by atoms with Crippen LogP contribution in [-0.2, 0) is 9.94 Å². The van der Waals surface area contributed by atoms with Gasteiger partial charge in [0.15, 0.2) is 0 Å². The predicted octanol–water partition coefficient (Wildman–Crippen LogP) is 10.9. The van der Waals surface area contributed by atoms with Crippen molar-refractivity contribution in [3.05, 3.63) is 210 Å². The second-order valence-corrected chi connectivity index (χ2v) is 17.8. The van der Waals surface area contributed by atoms with Gasteiger partial charge in [0.1, 0.15) is 21.7 Å². The first-order valence-corrected chi connectivity index (χ1v) is 20.6. The third kappa shape index (κ3) is 3.89. The summed E-state index contributed by atoms with van der Waals surface area (Å²) < 4.78 is 9.08. The Kier molecular flexibility index (Phi) is 6.38. The average molecular weight is 722 g/mol. The Morgan fingerprint density at radius 1 is 0.473 bits per heavy atom. The van der Waals surface area contributed by atoms with Gasteiger partial charge in [-0.2, -0.15) is 0 Å². The monoisotopic (exact) mass is 721 g/mol. The third-order valence-corrected chi connectivity index (χ3v) is 16.0. The molecular formula is C51H34N2OP+. The normalized spacial score (nSPS) is 18.1. The second kappa shape index (κ2) is 11.3. The topological polar surface area (TPSA) is 27.1 Å². The first-order chi connectivity index (χ1) is 27.2. The fourth-order valence-electron chi connectivity index (χ4n) is 10.1. The highest BCUT2D eigenvalue weighted by Crippen LogP contribution is 2.64. The van der Waals surface area contributed by atoms with Crippen molar-refractivity contribution in [3.8, 4) is 50.5 Å². The molecule has 3 heterocycles. The maximum Gasteiger partial charge on any atom is 0.243 e. The largest absolute Gasteiger partial charge is 0.292 e. The van der Waals surface area contributed by atoms with E-state index in [0.29, 0.717) is 0 Å². The lowest BCUT2D eigenvalue weighted by atomic mass is 9.65. The van der Waals surface area contributed by atoms with Crippen LogP contribution in [0.3, 0.4) is 0 Å². The number of benzene rings is 8. The number of hydrogen-bond acceptors (Lipinski definition) is 2. The van der Waals surface area contributed by atoms with Crippen LogP contribution in [0, 0.1) is 0 Å². The summed E-state index contributed by atoms with van der Waals surface area (Å²) in [5.41, 5.74) is 16.6. The first kappa shape index (κ1) is 31.0. The molecule has 8 aromatic carbocycles. The van der Waals surface area contributed by atoms with Gasteiger partial charge in [-0.15, -0.1) is 0 Å². The van der Waals surface area contributed by atoms with Crippen molar-refractivity contribution in [3.63, 3.8) is 0 Å². The number of fused-ring (bicyclic) bond motifs is 12. The molecule has 4 heteroatoms. The summed E-state index contributed by atoms with van der Waals surface area (Å²) in [6.07, 6.45) is 0. The van der Waals surface area contributed by atoms with E-state index in [1.165, 1.54) is 82.8 Å². The van der Waals surface area contributed by atoms with Crippen LogP contribution in [0.15, 0.2) is 188 Å². The maximum absolute atomic E-state index is 6.68. The lowest BCUT2D eigenvalue weighted by Gasteiger charge is -2.39. The molecule has 3 nitrogen and oxygen atoms in total. The Balaban J connectivity index is 1.12. The highest BCUT2D eigenvalue weighted by Gasteiger charge is 2.55. The molecule has 9 aromatic rings. The van der Waals surface area contributed by atoms with E-state index in [1.807, 2.05) is 7.11 Å². The van der Waals surface area contributed by atoms with Crippen LogP contribution < -0.4 is 15.9 Å². The maximum atomic E-state index is 6.68. The average Bonchev–Trinajstić information content (AvgIpc) is 3.89. The number of rotatable bonds is 4. The lowest BCUT2D eigenvalue weighted by Crippen LogP contribution is -2.33. The van der Waals surface area contributed by atoms with E-state index in [4.69, 9.17) is 9.51 Å². The molecule has 55 heavy (non-hydrogen) atoms. The molecule has 0 amide bonds. The second-order valence-electron chi connectivity index (χ2n) is 14.8. The summed E-state index contributed by atoms with van der Waals surface area (Å²) in [6.45, 7) is 0. The third-order valence-electron chi connectivity index (χ3n) is 12.3. The van der Waals surface area contributed by atoms with E-state index in [1.54, 1.807) is 0 Å². The Hall–Kier alpha value is -6.38. The minimum atomic E-state index is -2.27. The molecular weight excluding hydrogens is 688 g/mol. The van der Waals surface area contributed by atoms with Crippen molar-refractivity contribution in [2.24, 2.45) is 0 Å². The lowest BCUT2D eigenvalue weighted by molar-refractivity contribution is 0.466. The summed E-state index contributed by atoms with van der Waals surface area (Å²) in [7, 11) is -0.388. The standard InChI is InChI=1S/C51H34N2OP/c1-54-55(36-17-6-3-7-18-36)47-26-13-9-20-39(47)40-31-34(28-30-48(40)55)35-27-29-38-37-19-8-10-21-41(37)51(44(38)32-35)42-22-11-12-25-46(42)53-49-43(51)23-14-24-45(49)52-50(53)33-15-4-2-5-16-33/h2-32H,1H3/q+1. The Bertz CT molecular complexity index is 3040. The van der Waals surface area contributed by atoms with Gasteiger partial charge in [-0.25, -0.2) is 9.51 Å². The van der Waals surface area contributed by atoms with Gasteiger partial charge in [-0.1, -0.05) is 140 Å². The van der Waals surface area contributed by atoms with Gasteiger partial charge in [-0.05, 0) is 93.0 Å². The van der Waals surface area contributed by atoms with E-state index in [2.05, 4.69) is 193 Å². The zero-order chi connectivity index (χ0) is 36.3. The van der Waals surface area contributed by atoms with Crippen LogP contribution in [0.4, 0.5) is 0 Å². The van der Waals surface area contributed by atoms with E-state index < -0.39 is 12.9 Å². The summed E-state index contributed by atoms with van der Waals surface area (Å²) in [4.78, 5) is 5.33. The van der Waals surface area contributed by atoms with Crippen molar-refractivity contribution in [1.82, 2.24) is 9.55 Å². The molecule has 0 bridgehead atoms. The number of imidazole rings is 1. The molecule has 2 aliphatic heterocycles. The van der Waals surface area contributed by atoms with E-state index in [0.717, 1.165) is 16.9 Å². The molecule has 0 fully saturated rings. The Morgan fingerprint density at radius 3 is 1.95 bits per heavy atom. The SMILES string of the molecule is CO[P+]1(c2ccccc2)c2ccccc2-c2cc(-c3ccc4c(c3)C3(c5ccccc5-4)c4ccccc4-n4c(-c5ccccc5)nc5cccc3c54)ccc21. The van der Waals surface area contributed by atoms with Gasteiger partial charge in [-0.3, -0.25) is 4.57 Å². The molecule has 12 rings (SSSR count). The van der Waals surface area contributed by atoms with Crippen molar-refractivity contribution in [2.75, 3.05) is 7.11 Å².